The lowest BCUT2D eigenvalue weighted by Gasteiger charge is -2.17. The normalized spacial score (nSPS) is 12.8. The highest BCUT2D eigenvalue weighted by atomic mass is 32.2. The zero-order valence-electron chi connectivity index (χ0n) is 22.2. The topological polar surface area (TPSA) is 143 Å². The summed E-state index contributed by atoms with van der Waals surface area (Å²) in [6.45, 7) is 1.86. The van der Waals surface area contributed by atoms with E-state index in [0.717, 1.165) is 16.7 Å². The number of nitrogens with two attached hydrogens (primary N) is 1. The Hall–Kier alpha value is -3.61. The Kier molecular flexibility index (Phi) is 12.3. The first-order valence-corrected chi connectivity index (χ1v) is 14.2. The standard InChI is InChI=1S/C29H34N2O8S/c1-22-12-14-25(15-13-22)40(34,35)39-31-27(21-24-10-6-3-7-11-24)29(33)38-19-17-36-16-18-37-28(32)26(30)20-23-8-4-2-5-9-23/h2-15,26-27,31H,16-21,30H2,1H3. The average Bonchev–Trinajstić information content (AvgIpc) is 2.95. The Morgan fingerprint density at radius 2 is 1.27 bits per heavy atom. The van der Waals surface area contributed by atoms with Crippen LogP contribution < -0.4 is 11.2 Å². The molecule has 3 N–H and O–H groups in total. The van der Waals surface area contributed by atoms with Gasteiger partial charge in [0.15, 0.2) is 0 Å². The van der Waals surface area contributed by atoms with Crippen molar-refractivity contribution in [3.63, 3.8) is 0 Å². The third-order valence-corrected chi connectivity index (χ3v) is 6.89. The second kappa shape index (κ2) is 15.8. The van der Waals surface area contributed by atoms with E-state index >= 15 is 0 Å². The molecular weight excluding hydrogens is 536 g/mol. The Balaban J connectivity index is 1.41. The van der Waals surface area contributed by atoms with Gasteiger partial charge in [-0.1, -0.05) is 78.4 Å². The maximum atomic E-state index is 12.8. The summed E-state index contributed by atoms with van der Waals surface area (Å²) in [5, 5.41) is 0. The lowest BCUT2D eigenvalue weighted by molar-refractivity contribution is -0.150. The minimum Gasteiger partial charge on any atom is -0.462 e. The number of esters is 2. The zero-order chi connectivity index (χ0) is 28.8. The van der Waals surface area contributed by atoms with Crippen molar-refractivity contribution in [2.45, 2.75) is 36.7 Å². The first-order valence-electron chi connectivity index (χ1n) is 12.7. The third kappa shape index (κ3) is 10.5. The van der Waals surface area contributed by atoms with Crippen molar-refractivity contribution in [2.24, 2.45) is 5.73 Å². The van der Waals surface area contributed by atoms with Gasteiger partial charge in [0.1, 0.15) is 25.3 Å². The summed E-state index contributed by atoms with van der Waals surface area (Å²) in [4.78, 5) is 24.8. The molecule has 0 radical (unpaired) electrons. The molecule has 0 aliphatic carbocycles. The molecule has 0 heterocycles. The van der Waals surface area contributed by atoms with Crippen molar-refractivity contribution in [3.05, 3.63) is 102 Å². The number of nitrogens with one attached hydrogen (secondary N) is 1. The smallest absolute Gasteiger partial charge is 0.325 e. The van der Waals surface area contributed by atoms with Crippen molar-refractivity contribution in [1.29, 1.82) is 0 Å². The number of ether oxygens (including phenoxy) is 3. The zero-order valence-corrected chi connectivity index (χ0v) is 23.0. The molecule has 3 aromatic carbocycles. The van der Waals surface area contributed by atoms with Crippen LogP contribution in [-0.4, -0.2) is 58.9 Å². The van der Waals surface area contributed by atoms with Crippen LogP contribution in [0.3, 0.4) is 0 Å². The maximum Gasteiger partial charge on any atom is 0.325 e. The molecule has 0 aliphatic rings. The molecule has 2 unspecified atom stereocenters. The van der Waals surface area contributed by atoms with Crippen LogP contribution >= 0.6 is 0 Å². The van der Waals surface area contributed by atoms with Crippen molar-refractivity contribution >= 4 is 22.1 Å². The van der Waals surface area contributed by atoms with Gasteiger partial charge < -0.3 is 19.9 Å². The van der Waals surface area contributed by atoms with Gasteiger partial charge in [0, 0.05) is 6.42 Å². The van der Waals surface area contributed by atoms with Crippen molar-refractivity contribution < 1.29 is 36.5 Å². The van der Waals surface area contributed by atoms with Gasteiger partial charge in [0.2, 0.25) is 0 Å². The van der Waals surface area contributed by atoms with Gasteiger partial charge in [-0.3, -0.25) is 9.59 Å². The largest absolute Gasteiger partial charge is 0.462 e. The van der Waals surface area contributed by atoms with Crippen LogP contribution in [0.5, 0.6) is 0 Å². The minimum atomic E-state index is -4.16. The Bertz CT molecular complexity index is 1300. The van der Waals surface area contributed by atoms with E-state index in [9.17, 15) is 18.0 Å². The molecule has 0 aliphatic heterocycles. The Morgan fingerprint density at radius 1 is 0.750 bits per heavy atom. The van der Waals surface area contributed by atoms with Gasteiger partial charge >= 0.3 is 22.1 Å². The number of aryl methyl sites for hydroxylation is 1. The summed E-state index contributed by atoms with van der Waals surface area (Å²) in [5.74, 6) is -1.25. The van der Waals surface area contributed by atoms with E-state index < -0.39 is 34.1 Å². The number of carbonyl (C=O) groups is 2. The van der Waals surface area contributed by atoms with E-state index in [2.05, 4.69) is 5.48 Å². The number of hydrogen-bond acceptors (Lipinski definition) is 10. The lowest BCUT2D eigenvalue weighted by Crippen LogP contribution is -2.41. The van der Waals surface area contributed by atoms with Crippen molar-refractivity contribution in [3.8, 4) is 0 Å². The van der Waals surface area contributed by atoms with Crippen LogP contribution in [0, 0.1) is 6.92 Å². The van der Waals surface area contributed by atoms with E-state index in [4.69, 9.17) is 24.2 Å². The summed E-state index contributed by atoms with van der Waals surface area (Å²) < 4.78 is 45.9. The predicted molar refractivity (Wildman–Crippen MR) is 147 cm³/mol. The maximum absolute atomic E-state index is 12.8. The van der Waals surface area contributed by atoms with E-state index in [1.807, 2.05) is 43.3 Å². The number of benzene rings is 3. The molecule has 40 heavy (non-hydrogen) atoms. The molecule has 11 heteroatoms. The molecule has 0 fully saturated rings. The average molecular weight is 571 g/mol. The predicted octanol–water partition coefficient (Wildman–Crippen LogP) is 2.49. The molecule has 3 rings (SSSR count). The SMILES string of the molecule is Cc1ccc(S(=O)(=O)ONC(Cc2ccccc2)C(=O)OCCOCCOC(=O)C(N)Cc2ccccc2)cc1. The molecule has 214 valence electrons. The monoisotopic (exact) mass is 570 g/mol. The highest BCUT2D eigenvalue weighted by Gasteiger charge is 2.25. The van der Waals surface area contributed by atoms with Gasteiger partial charge in [-0.25, -0.2) is 0 Å². The fraction of sp³-hybridized carbons (Fsp3) is 0.310. The summed E-state index contributed by atoms with van der Waals surface area (Å²) in [7, 11) is -4.16. The van der Waals surface area contributed by atoms with Gasteiger partial charge in [0.05, 0.1) is 18.1 Å². The van der Waals surface area contributed by atoms with E-state index in [1.165, 1.54) is 12.1 Å². The van der Waals surface area contributed by atoms with Crippen LogP contribution in [0.2, 0.25) is 0 Å². The second-order valence-electron chi connectivity index (χ2n) is 8.95. The van der Waals surface area contributed by atoms with Gasteiger partial charge in [-0.2, -0.15) is 18.2 Å². The molecule has 3 aromatic rings. The molecule has 0 bridgehead atoms. The summed E-state index contributed by atoms with van der Waals surface area (Å²) >= 11 is 0. The number of hydrogen-bond donors (Lipinski definition) is 2. The molecule has 2 atom stereocenters. The van der Waals surface area contributed by atoms with Crippen LogP contribution in [0.1, 0.15) is 16.7 Å². The quantitative estimate of drug-likeness (QED) is 0.150. The number of hydroxylamine groups is 1. The summed E-state index contributed by atoms with van der Waals surface area (Å²) in [6, 6.07) is 22.7. The first-order chi connectivity index (χ1) is 19.2. The van der Waals surface area contributed by atoms with Gasteiger partial charge in [-0.15, -0.1) is 0 Å². The number of rotatable bonds is 16. The highest BCUT2D eigenvalue weighted by molar-refractivity contribution is 7.86. The van der Waals surface area contributed by atoms with E-state index in [0.29, 0.717) is 6.42 Å². The van der Waals surface area contributed by atoms with Crippen molar-refractivity contribution in [1.82, 2.24) is 5.48 Å². The van der Waals surface area contributed by atoms with Crippen molar-refractivity contribution in [2.75, 3.05) is 26.4 Å². The molecule has 0 saturated carbocycles. The molecule has 0 aromatic heterocycles. The Morgan fingerprint density at radius 3 is 1.85 bits per heavy atom. The summed E-state index contributed by atoms with van der Waals surface area (Å²) in [5.41, 5.74) is 10.8. The fourth-order valence-electron chi connectivity index (χ4n) is 3.56. The molecular formula is C29H34N2O8S. The Labute approximate surface area is 234 Å². The number of carbonyl (C=O) groups excluding carboxylic acids is 2. The third-order valence-electron chi connectivity index (χ3n) is 5.72. The first kappa shape index (κ1) is 30.9. The minimum absolute atomic E-state index is 0.00182. The highest BCUT2D eigenvalue weighted by Crippen LogP contribution is 2.13. The van der Waals surface area contributed by atoms with Crippen LogP contribution in [0.25, 0.3) is 0 Å². The second-order valence-corrected chi connectivity index (χ2v) is 10.5. The molecule has 0 saturated heterocycles. The molecule has 10 nitrogen and oxygen atoms in total. The van der Waals surface area contributed by atoms with E-state index in [1.54, 1.807) is 36.4 Å². The van der Waals surface area contributed by atoms with E-state index in [-0.39, 0.29) is 37.7 Å². The molecule has 0 amide bonds. The van der Waals surface area contributed by atoms with Gasteiger partial charge in [-0.05, 0) is 36.6 Å². The van der Waals surface area contributed by atoms with Crippen LogP contribution in [0.15, 0.2) is 89.8 Å². The van der Waals surface area contributed by atoms with Crippen LogP contribution in [0.4, 0.5) is 0 Å². The van der Waals surface area contributed by atoms with Crippen LogP contribution in [-0.2, 0) is 51.0 Å². The summed E-state index contributed by atoms with van der Waals surface area (Å²) in [6.07, 6.45) is 0.494. The molecule has 0 spiro atoms. The lowest BCUT2D eigenvalue weighted by atomic mass is 10.1. The van der Waals surface area contributed by atoms with Gasteiger partial charge in [0.25, 0.3) is 0 Å². The fourth-order valence-corrected chi connectivity index (χ4v) is 4.37.